The fourth-order valence-electron chi connectivity index (χ4n) is 8.51. The molecule has 1 aromatic heterocycles. The van der Waals surface area contributed by atoms with Crippen molar-refractivity contribution >= 4 is 43.2 Å². The molecule has 1 saturated carbocycles. The molecular formula is C43H53N3O3Si2. The minimum atomic E-state index is -2.79. The van der Waals surface area contributed by atoms with Gasteiger partial charge in [-0.1, -0.05) is 163 Å². The van der Waals surface area contributed by atoms with Crippen molar-refractivity contribution in [2.45, 2.75) is 70.5 Å². The van der Waals surface area contributed by atoms with Gasteiger partial charge in [-0.25, -0.2) is 4.79 Å². The molecule has 8 heteroatoms. The number of hydrogen-bond donors (Lipinski definition) is 1. The molecule has 1 aliphatic rings. The maximum absolute atomic E-state index is 13.2. The van der Waals surface area contributed by atoms with E-state index in [0.29, 0.717) is 13.2 Å². The minimum Gasteiger partial charge on any atom is -0.407 e. The van der Waals surface area contributed by atoms with Crippen LogP contribution in [0.2, 0.25) is 10.1 Å². The summed E-state index contributed by atoms with van der Waals surface area (Å²) in [6, 6.07) is 44.9. The fraction of sp³-hybridized carbons (Fsp3) is 0.349. The summed E-state index contributed by atoms with van der Waals surface area (Å²) in [6.07, 6.45) is 3.39. The van der Waals surface area contributed by atoms with Gasteiger partial charge in [-0.2, -0.15) is 4.98 Å². The van der Waals surface area contributed by atoms with E-state index in [-0.39, 0.29) is 39.5 Å². The number of nitrogens with two attached hydrogens (primary N) is 1. The molecule has 1 unspecified atom stereocenters. The smallest absolute Gasteiger partial charge is 0.349 e. The Labute approximate surface area is 306 Å². The molecular weight excluding hydrogens is 663 g/mol. The molecule has 0 radical (unpaired) electrons. The summed E-state index contributed by atoms with van der Waals surface area (Å²) in [4.78, 5) is 17.3. The first-order valence-electron chi connectivity index (χ1n) is 18.2. The molecule has 6 nitrogen and oxygen atoms in total. The Bertz CT molecular complexity index is 1730. The van der Waals surface area contributed by atoms with Crippen molar-refractivity contribution in [3.8, 4) is 0 Å². The van der Waals surface area contributed by atoms with Crippen molar-refractivity contribution in [2.24, 2.45) is 11.8 Å². The highest BCUT2D eigenvalue weighted by Gasteiger charge is 2.53. The van der Waals surface area contributed by atoms with E-state index in [1.807, 2.05) is 0 Å². The number of anilines is 1. The average Bonchev–Trinajstić information content (AvgIpc) is 3.52. The van der Waals surface area contributed by atoms with Gasteiger partial charge in [-0.3, -0.25) is 4.57 Å². The molecule has 0 aliphatic heterocycles. The van der Waals surface area contributed by atoms with Gasteiger partial charge in [-0.15, -0.1) is 0 Å². The number of nitrogen functional groups attached to an aromatic ring is 1. The Balaban J connectivity index is 1.41. The first-order chi connectivity index (χ1) is 24.4. The Kier molecular flexibility index (Phi) is 10.7. The van der Waals surface area contributed by atoms with Crippen LogP contribution in [0.4, 0.5) is 5.82 Å². The van der Waals surface area contributed by atoms with Crippen molar-refractivity contribution < 1.29 is 8.85 Å². The number of nitrogens with zero attached hydrogens (tertiary/aromatic N) is 2. The van der Waals surface area contributed by atoms with Crippen LogP contribution < -0.4 is 32.2 Å². The van der Waals surface area contributed by atoms with E-state index >= 15 is 0 Å². The summed E-state index contributed by atoms with van der Waals surface area (Å²) < 4.78 is 16.9. The van der Waals surface area contributed by atoms with E-state index < -0.39 is 16.6 Å². The van der Waals surface area contributed by atoms with Crippen LogP contribution in [0, 0.1) is 11.8 Å². The van der Waals surface area contributed by atoms with E-state index in [1.54, 1.807) is 16.8 Å². The zero-order chi connectivity index (χ0) is 36.3. The monoisotopic (exact) mass is 715 g/mol. The van der Waals surface area contributed by atoms with Crippen LogP contribution >= 0.6 is 0 Å². The maximum atomic E-state index is 13.2. The predicted octanol–water partition coefficient (Wildman–Crippen LogP) is 6.55. The highest BCUT2D eigenvalue weighted by atomic mass is 28.4. The molecule has 0 saturated heterocycles. The number of aromatic nitrogens is 2. The SMILES string of the molecule is CC(C)(C)[Si](OC[C@@H]1CC(n2ccc(N)nc2=O)C[C@@H]1CO[Si](c1ccccc1)(c1ccccc1)C(C)(C)C)(c1ccccc1)c1ccccc1. The second-order valence-corrected chi connectivity index (χ2v) is 24.7. The van der Waals surface area contributed by atoms with E-state index in [2.05, 4.69) is 168 Å². The van der Waals surface area contributed by atoms with Crippen LogP contribution in [-0.4, -0.2) is 39.4 Å². The third kappa shape index (κ3) is 7.20. The zero-order valence-electron chi connectivity index (χ0n) is 31.0. The first-order valence-corrected chi connectivity index (χ1v) is 22.0. The standard InChI is InChI=1S/C43H53N3O3Si2/c1-42(2,3)50(36-19-11-7-12-20-36,37-21-13-8-14-22-37)48-31-33-29-35(46-28-27-40(44)45-41(46)47)30-34(33)32-49-51(43(4,5)6,38-23-15-9-16-24-38)39-25-17-10-18-26-39/h7-28,33-35H,29-32H2,1-6H3,(H2,44,45,47)/t33-,34+,35?. The van der Waals surface area contributed by atoms with Gasteiger partial charge in [0.1, 0.15) is 5.82 Å². The van der Waals surface area contributed by atoms with Gasteiger partial charge in [0.05, 0.1) is 0 Å². The Morgan fingerprint density at radius 3 is 1.24 bits per heavy atom. The van der Waals surface area contributed by atoms with Gasteiger partial charge in [0.15, 0.2) is 0 Å². The molecule has 0 spiro atoms. The number of rotatable bonds is 11. The molecule has 1 heterocycles. The van der Waals surface area contributed by atoms with Crippen LogP contribution in [0.5, 0.6) is 0 Å². The molecule has 5 aromatic rings. The molecule has 4 aromatic carbocycles. The van der Waals surface area contributed by atoms with Crippen molar-refractivity contribution in [3.63, 3.8) is 0 Å². The number of hydrogen-bond acceptors (Lipinski definition) is 5. The molecule has 1 fully saturated rings. The zero-order valence-corrected chi connectivity index (χ0v) is 33.0. The molecule has 266 valence electrons. The summed E-state index contributed by atoms with van der Waals surface area (Å²) in [5.41, 5.74) is 5.61. The average molecular weight is 716 g/mol. The Morgan fingerprint density at radius 2 is 0.941 bits per heavy atom. The van der Waals surface area contributed by atoms with Crippen LogP contribution in [-0.2, 0) is 8.85 Å². The van der Waals surface area contributed by atoms with E-state index in [0.717, 1.165) is 12.8 Å². The molecule has 51 heavy (non-hydrogen) atoms. The van der Waals surface area contributed by atoms with Crippen LogP contribution in [0.25, 0.3) is 0 Å². The Hall–Kier alpha value is -4.09. The van der Waals surface area contributed by atoms with Crippen molar-refractivity contribution in [2.75, 3.05) is 18.9 Å². The molecule has 1 aliphatic carbocycles. The summed E-state index contributed by atoms with van der Waals surface area (Å²) in [5.74, 6) is 0.547. The van der Waals surface area contributed by atoms with Crippen molar-refractivity contribution in [3.05, 3.63) is 144 Å². The topological polar surface area (TPSA) is 79.4 Å². The summed E-state index contributed by atoms with van der Waals surface area (Å²) in [6.45, 7) is 15.0. The molecule has 6 rings (SSSR count). The normalized spacial score (nSPS) is 18.5. The van der Waals surface area contributed by atoms with E-state index in [4.69, 9.17) is 14.6 Å². The highest BCUT2D eigenvalue weighted by molar-refractivity contribution is 7.00. The summed E-state index contributed by atoms with van der Waals surface area (Å²) in [5, 5.41) is 4.75. The first kappa shape index (κ1) is 36.7. The van der Waals surface area contributed by atoms with Gasteiger partial charge in [0, 0.05) is 25.5 Å². The molecule has 3 atom stereocenters. The lowest BCUT2D eigenvalue weighted by atomic mass is 9.98. The quantitative estimate of drug-likeness (QED) is 0.157. The van der Waals surface area contributed by atoms with Gasteiger partial charge >= 0.3 is 5.69 Å². The van der Waals surface area contributed by atoms with Gasteiger partial charge in [0.2, 0.25) is 0 Å². The van der Waals surface area contributed by atoms with E-state index in [1.165, 1.54) is 20.7 Å². The highest BCUT2D eigenvalue weighted by Crippen LogP contribution is 2.44. The van der Waals surface area contributed by atoms with Crippen molar-refractivity contribution in [1.29, 1.82) is 0 Å². The third-order valence-electron chi connectivity index (χ3n) is 10.9. The molecule has 2 N–H and O–H groups in total. The fourth-order valence-corrected chi connectivity index (χ4v) is 17.7. The van der Waals surface area contributed by atoms with E-state index in [9.17, 15) is 4.79 Å². The lowest BCUT2D eigenvalue weighted by Crippen LogP contribution is -2.67. The van der Waals surface area contributed by atoms with Crippen LogP contribution in [0.3, 0.4) is 0 Å². The maximum Gasteiger partial charge on any atom is 0.349 e. The second kappa shape index (κ2) is 14.9. The predicted molar refractivity (Wildman–Crippen MR) is 215 cm³/mol. The van der Waals surface area contributed by atoms with Crippen molar-refractivity contribution in [1.82, 2.24) is 9.55 Å². The van der Waals surface area contributed by atoms with Crippen LogP contribution in [0.1, 0.15) is 60.4 Å². The Morgan fingerprint density at radius 1 is 0.608 bits per heavy atom. The largest absolute Gasteiger partial charge is 0.407 e. The third-order valence-corrected chi connectivity index (χ3v) is 20.9. The van der Waals surface area contributed by atoms with Gasteiger partial charge in [0.25, 0.3) is 16.6 Å². The molecule has 0 amide bonds. The van der Waals surface area contributed by atoms with Crippen LogP contribution in [0.15, 0.2) is 138 Å². The summed E-state index contributed by atoms with van der Waals surface area (Å²) >= 11 is 0. The van der Waals surface area contributed by atoms with Gasteiger partial charge in [-0.05, 0) is 61.6 Å². The summed E-state index contributed by atoms with van der Waals surface area (Å²) in [7, 11) is -5.58. The lowest BCUT2D eigenvalue weighted by Gasteiger charge is -2.45. The molecule has 0 bridgehead atoms. The number of benzene rings is 4. The second-order valence-electron chi connectivity index (χ2n) is 16.1. The lowest BCUT2D eigenvalue weighted by molar-refractivity contribution is 0.152. The van der Waals surface area contributed by atoms with Gasteiger partial charge < -0.3 is 14.6 Å². The minimum absolute atomic E-state index is 0.0360.